The first-order valence-corrected chi connectivity index (χ1v) is 6.86. The van der Waals surface area contributed by atoms with E-state index in [1.54, 1.807) is 12.1 Å². The normalized spacial score (nSPS) is 13.1. The number of nitrogens with one attached hydrogen (secondary N) is 1. The average Bonchev–Trinajstić information content (AvgIpc) is 2.27. The molecule has 1 aromatic rings. The van der Waals surface area contributed by atoms with Gasteiger partial charge in [-0.2, -0.15) is 0 Å². The summed E-state index contributed by atoms with van der Waals surface area (Å²) in [6, 6.07) is 7.29. The number of halogens is 1. The lowest BCUT2D eigenvalue weighted by Crippen LogP contribution is -2.42. The molecule has 0 bridgehead atoms. The summed E-state index contributed by atoms with van der Waals surface area (Å²) in [5.74, 6) is 0.279. The van der Waals surface area contributed by atoms with E-state index in [1.165, 1.54) is 0 Å². The Morgan fingerprint density at radius 1 is 1.39 bits per heavy atom. The number of alkyl halides is 1. The van der Waals surface area contributed by atoms with Crippen molar-refractivity contribution in [3.63, 3.8) is 0 Å². The molecule has 0 fully saturated rings. The summed E-state index contributed by atoms with van der Waals surface area (Å²) in [5.41, 5.74) is 1.16. The van der Waals surface area contributed by atoms with Gasteiger partial charge in [-0.25, -0.2) is 0 Å². The molecule has 1 rings (SSSR count). The number of carbonyl (C=O) groups is 1. The van der Waals surface area contributed by atoms with Gasteiger partial charge in [-0.3, -0.25) is 4.79 Å². The van der Waals surface area contributed by atoms with Gasteiger partial charge in [0.05, 0.1) is 4.32 Å². The first kappa shape index (κ1) is 15.0. The number of hydrogen-bond acceptors (Lipinski definition) is 2. The summed E-state index contributed by atoms with van der Waals surface area (Å²) in [7, 11) is 0. The van der Waals surface area contributed by atoms with Crippen LogP contribution >= 0.6 is 15.9 Å². The lowest BCUT2D eigenvalue weighted by molar-refractivity contribution is -0.123. The second-order valence-electron chi connectivity index (χ2n) is 5.05. The molecular weight excluding hydrogens is 294 g/mol. The van der Waals surface area contributed by atoms with E-state index < -0.39 is 4.32 Å². The molecule has 1 unspecified atom stereocenters. The van der Waals surface area contributed by atoms with E-state index in [4.69, 9.17) is 0 Å². The van der Waals surface area contributed by atoms with Crippen LogP contribution in [-0.2, 0) is 11.2 Å². The number of phenolic OH excluding ortho intramolecular Hbond substituents is 1. The standard InChI is InChI=1S/C14H20BrNO2/c1-10(16-13(18)14(2,3)15)4-5-11-6-8-12(17)9-7-11/h6-10,17H,4-5H2,1-3H3,(H,16,18). The average molecular weight is 314 g/mol. The monoisotopic (exact) mass is 313 g/mol. The zero-order valence-corrected chi connectivity index (χ0v) is 12.6. The molecular formula is C14H20BrNO2. The van der Waals surface area contributed by atoms with Crippen LogP contribution in [0.15, 0.2) is 24.3 Å². The number of carbonyl (C=O) groups excluding carboxylic acids is 1. The van der Waals surface area contributed by atoms with Crippen molar-refractivity contribution in [3.05, 3.63) is 29.8 Å². The maximum atomic E-state index is 11.7. The topological polar surface area (TPSA) is 49.3 Å². The van der Waals surface area contributed by atoms with Crippen LogP contribution in [0.3, 0.4) is 0 Å². The van der Waals surface area contributed by atoms with Crippen LogP contribution in [-0.4, -0.2) is 21.4 Å². The van der Waals surface area contributed by atoms with Crippen LogP contribution in [0.2, 0.25) is 0 Å². The Hall–Kier alpha value is -1.03. The number of aryl methyl sites for hydroxylation is 1. The minimum atomic E-state index is -0.528. The Balaban J connectivity index is 2.40. The predicted molar refractivity (Wildman–Crippen MR) is 77.0 cm³/mol. The molecule has 3 nitrogen and oxygen atoms in total. The number of aromatic hydroxyl groups is 1. The summed E-state index contributed by atoms with van der Waals surface area (Å²) in [5, 5.41) is 12.1. The number of amides is 1. The largest absolute Gasteiger partial charge is 0.508 e. The molecule has 0 heterocycles. The van der Waals surface area contributed by atoms with E-state index >= 15 is 0 Å². The molecule has 2 N–H and O–H groups in total. The number of rotatable bonds is 5. The zero-order valence-electron chi connectivity index (χ0n) is 11.0. The fourth-order valence-electron chi connectivity index (χ4n) is 1.51. The number of benzene rings is 1. The van der Waals surface area contributed by atoms with E-state index in [0.29, 0.717) is 0 Å². The van der Waals surface area contributed by atoms with Crippen LogP contribution in [0.1, 0.15) is 32.8 Å². The van der Waals surface area contributed by atoms with Gasteiger partial charge >= 0.3 is 0 Å². The third kappa shape index (κ3) is 5.08. The van der Waals surface area contributed by atoms with Crippen molar-refractivity contribution < 1.29 is 9.90 Å². The van der Waals surface area contributed by atoms with Crippen LogP contribution in [0.4, 0.5) is 0 Å². The van der Waals surface area contributed by atoms with Crippen LogP contribution in [0.25, 0.3) is 0 Å². The van der Waals surface area contributed by atoms with E-state index in [0.717, 1.165) is 18.4 Å². The van der Waals surface area contributed by atoms with Crippen molar-refractivity contribution in [1.29, 1.82) is 0 Å². The summed E-state index contributed by atoms with van der Waals surface area (Å²) < 4.78 is -0.528. The molecule has 0 aliphatic carbocycles. The van der Waals surface area contributed by atoms with Gasteiger partial charge in [0.15, 0.2) is 0 Å². The Bertz CT molecular complexity index is 395. The fraction of sp³-hybridized carbons (Fsp3) is 0.500. The molecule has 0 aromatic heterocycles. The summed E-state index contributed by atoms with van der Waals surface area (Å²) >= 11 is 3.34. The van der Waals surface area contributed by atoms with Gasteiger partial charge in [0, 0.05) is 6.04 Å². The summed E-state index contributed by atoms with van der Waals surface area (Å²) in [6.45, 7) is 5.65. The van der Waals surface area contributed by atoms with E-state index in [-0.39, 0.29) is 17.7 Å². The molecule has 18 heavy (non-hydrogen) atoms. The lowest BCUT2D eigenvalue weighted by Gasteiger charge is -2.20. The zero-order chi connectivity index (χ0) is 13.8. The Morgan fingerprint density at radius 2 is 1.94 bits per heavy atom. The van der Waals surface area contributed by atoms with Crippen molar-refractivity contribution in [3.8, 4) is 5.75 Å². The highest BCUT2D eigenvalue weighted by Gasteiger charge is 2.24. The molecule has 0 saturated carbocycles. The quantitative estimate of drug-likeness (QED) is 0.821. The maximum Gasteiger partial charge on any atom is 0.236 e. The van der Waals surface area contributed by atoms with E-state index in [9.17, 15) is 9.90 Å². The van der Waals surface area contributed by atoms with Crippen molar-refractivity contribution in [2.24, 2.45) is 0 Å². The summed E-state index contributed by atoms with van der Waals surface area (Å²) in [6.07, 6.45) is 1.75. The molecule has 0 radical (unpaired) electrons. The predicted octanol–water partition coefficient (Wildman–Crippen LogP) is 3.00. The molecule has 1 amide bonds. The van der Waals surface area contributed by atoms with Gasteiger partial charge in [0.1, 0.15) is 5.75 Å². The van der Waals surface area contributed by atoms with E-state index in [2.05, 4.69) is 21.2 Å². The molecule has 100 valence electrons. The minimum absolute atomic E-state index is 0.000654. The first-order chi connectivity index (χ1) is 8.29. The first-order valence-electron chi connectivity index (χ1n) is 6.07. The minimum Gasteiger partial charge on any atom is -0.508 e. The second kappa shape index (κ2) is 6.23. The third-order valence-electron chi connectivity index (χ3n) is 2.72. The van der Waals surface area contributed by atoms with Crippen molar-refractivity contribution in [2.45, 2.75) is 44.0 Å². The molecule has 0 aliphatic heterocycles. The van der Waals surface area contributed by atoms with Gasteiger partial charge in [-0.15, -0.1) is 0 Å². The van der Waals surface area contributed by atoms with Gasteiger partial charge in [0.2, 0.25) is 5.91 Å². The van der Waals surface area contributed by atoms with Gasteiger partial charge in [-0.1, -0.05) is 28.1 Å². The fourth-order valence-corrected chi connectivity index (χ4v) is 1.63. The van der Waals surface area contributed by atoms with Crippen molar-refractivity contribution in [1.82, 2.24) is 5.32 Å². The second-order valence-corrected chi connectivity index (χ2v) is 7.03. The Morgan fingerprint density at radius 3 is 2.44 bits per heavy atom. The highest BCUT2D eigenvalue weighted by molar-refractivity contribution is 9.10. The molecule has 0 saturated heterocycles. The van der Waals surface area contributed by atoms with Crippen LogP contribution < -0.4 is 5.32 Å². The highest BCUT2D eigenvalue weighted by atomic mass is 79.9. The molecule has 1 aromatic carbocycles. The SMILES string of the molecule is CC(CCc1ccc(O)cc1)NC(=O)C(C)(C)Br. The lowest BCUT2D eigenvalue weighted by atomic mass is 10.1. The third-order valence-corrected chi connectivity index (χ3v) is 3.08. The van der Waals surface area contributed by atoms with E-state index in [1.807, 2.05) is 32.9 Å². The van der Waals surface area contributed by atoms with Crippen molar-refractivity contribution >= 4 is 21.8 Å². The Labute approximate surface area is 117 Å². The molecule has 1 atom stereocenters. The number of hydrogen-bond donors (Lipinski definition) is 2. The molecule has 4 heteroatoms. The number of phenols is 1. The van der Waals surface area contributed by atoms with Gasteiger partial charge < -0.3 is 10.4 Å². The summed E-state index contributed by atoms with van der Waals surface area (Å²) in [4.78, 5) is 11.7. The van der Waals surface area contributed by atoms with Gasteiger partial charge in [-0.05, 0) is 51.3 Å². The van der Waals surface area contributed by atoms with Crippen molar-refractivity contribution in [2.75, 3.05) is 0 Å². The highest BCUT2D eigenvalue weighted by Crippen LogP contribution is 2.16. The molecule has 0 spiro atoms. The Kier molecular flexibility index (Phi) is 5.20. The smallest absolute Gasteiger partial charge is 0.236 e. The maximum absolute atomic E-state index is 11.7. The van der Waals surface area contributed by atoms with Crippen LogP contribution in [0.5, 0.6) is 5.75 Å². The van der Waals surface area contributed by atoms with Crippen LogP contribution in [0, 0.1) is 0 Å². The van der Waals surface area contributed by atoms with Gasteiger partial charge in [0.25, 0.3) is 0 Å². The molecule has 0 aliphatic rings.